The molecule has 0 bridgehead atoms. The highest BCUT2D eigenvalue weighted by molar-refractivity contribution is 6.32. The molecule has 50 heavy (non-hydrogen) atoms. The molecule has 6 unspecified atom stereocenters. The summed E-state index contributed by atoms with van der Waals surface area (Å²) >= 11 is 6.45. The fourth-order valence-electron chi connectivity index (χ4n) is 8.96. The van der Waals surface area contributed by atoms with E-state index in [1.807, 2.05) is 80.6 Å². The van der Waals surface area contributed by atoms with E-state index in [1.54, 1.807) is 37.3 Å². The number of anilines is 2. The number of aryl methyl sites for hydroxylation is 3. The first-order chi connectivity index (χ1) is 24.0. The third kappa shape index (κ3) is 4.58. The van der Waals surface area contributed by atoms with E-state index in [-0.39, 0.29) is 35.8 Å². The number of phenols is 1. The van der Waals surface area contributed by atoms with Gasteiger partial charge in [0.15, 0.2) is 0 Å². The van der Waals surface area contributed by atoms with Gasteiger partial charge in [0, 0.05) is 10.9 Å². The molecule has 2 saturated heterocycles. The molecule has 2 heterocycles. The minimum absolute atomic E-state index is 0.115. The monoisotopic (exact) mass is 685 g/mol. The van der Waals surface area contributed by atoms with Crippen LogP contribution in [0, 0.1) is 44.4 Å². The first-order valence-electron chi connectivity index (χ1n) is 16.9. The van der Waals surface area contributed by atoms with Crippen LogP contribution in [-0.2, 0) is 24.6 Å². The van der Waals surface area contributed by atoms with Gasteiger partial charge < -0.3 is 5.11 Å². The highest BCUT2D eigenvalue weighted by atomic mass is 35.5. The average molecular weight is 686 g/mol. The molecule has 0 radical (unpaired) electrons. The zero-order valence-electron chi connectivity index (χ0n) is 27.9. The van der Waals surface area contributed by atoms with Crippen molar-refractivity contribution in [3.05, 3.63) is 135 Å². The second-order valence-electron chi connectivity index (χ2n) is 14.1. The number of allylic oxidation sites excluding steroid dienone is 2. The molecule has 2 aliphatic carbocycles. The molecule has 3 fully saturated rings. The average Bonchev–Trinajstić information content (AvgIpc) is 3.49. The van der Waals surface area contributed by atoms with Gasteiger partial charge in [-0.3, -0.25) is 24.6 Å². The van der Waals surface area contributed by atoms with Crippen molar-refractivity contribution in [1.29, 1.82) is 0 Å². The summed E-state index contributed by atoms with van der Waals surface area (Å²) in [7, 11) is 0. The molecule has 4 amide bonds. The van der Waals surface area contributed by atoms with Crippen molar-refractivity contribution in [2.75, 3.05) is 10.3 Å². The molecule has 1 saturated carbocycles. The summed E-state index contributed by atoms with van der Waals surface area (Å²) in [4.78, 5) is 59.8. The van der Waals surface area contributed by atoms with Crippen LogP contribution in [0.4, 0.5) is 11.4 Å². The molecule has 4 aliphatic rings. The van der Waals surface area contributed by atoms with Crippen molar-refractivity contribution >= 4 is 46.6 Å². The topological polar surface area (TPSA) is 107 Å². The smallest absolute Gasteiger partial charge is 0.260 e. The van der Waals surface area contributed by atoms with E-state index in [2.05, 4.69) is 5.43 Å². The summed E-state index contributed by atoms with van der Waals surface area (Å²) in [6.45, 7) is 5.62. The number of halogens is 1. The molecule has 0 spiro atoms. The number of amides is 4. The number of hydrazine groups is 1. The standard InChI is InChI=1S/C41H36ClN3O5/c1-22-9-13-27(14-10-22)43-45-38(48)32-21-31-29(16-17-30-35(31)39(49)44(37(30)47)28-15-11-23(2)33(42)20-28)36(25-12-18-34(46)24(3)19-25)41(32,40(45)50)26-7-5-4-6-8-26/h4-16,18-20,30-32,35-36,43,46H,17,21H2,1-3H3. The lowest BCUT2D eigenvalue weighted by Gasteiger charge is -2.50. The number of fused-ring (bicyclic) bond motifs is 4. The largest absolute Gasteiger partial charge is 0.508 e. The van der Waals surface area contributed by atoms with Gasteiger partial charge in [-0.25, -0.2) is 4.90 Å². The lowest BCUT2D eigenvalue weighted by atomic mass is 9.49. The first kappa shape index (κ1) is 32.0. The first-order valence-corrected chi connectivity index (χ1v) is 17.3. The molecule has 6 atom stereocenters. The number of imide groups is 2. The van der Waals surface area contributed by atoms with Crippen LogP contribution >= 0.6 is 11.6 Å². The molecule has 252 valence electrons. The second kappa shape index (κ2) is 11.7. The number of phenolic OH excluding ortho intramolecular Hbond substituents is 1. The minimum atomic E-state index is -1.37. The Bertz CT molecular complexity index is 2130. The Morgan fingerprint density at radius 3 is 2.24 bits per heavy atom. The van der Waals surface area contributed by atoms with Gasteiger partial charge in [0.25, 0.3) is 11.8 Å². The molecule has 8 rings (SSSR count). The molecule has 4 aromatic rings. The zero-order chi connectivity index (χ0) is 35.1. The van der Waals surface area contributed by atoms with Gasteiger partial charge in [0.2, 0.25) is 11.8 Å². The van der Waals surface area contributed by atoms with E-state index >= 15 is 4.79 Å². The predicted molar refractivity (Wildman–Crippen MR) is 190 cm³/mol. The molecule has 9 heteroatoms. The minimum Gasteiger partial charge on any atom is -0.508 e. The molecule has 4 aromatic carbocycles. The Balaban J connectivity index is 1.31. The van der Waals surface area contributed by atoms with Crippen LogP contribution < -0.4 is 10.3 Å². The number of nitrogens with zero attached hydrogens (tertiary/aromatic N) is 2. The Kier molecular flexibility index (Phi) is 7.49. The number of benzene rings is 4. The van der Waals surface area contributed by atoms with Gasteiger partial charge in [0.05, 0.1) is 34.5 Å². The summed E-state index contributed by atoms with van der Waals surface area (Å²) in [5, 5.41) is 12.2. The van der Waals surface area contributed by atoms with Gasteiger partial charge in [-0.1, -0.05) is 89.5 Å². The SMILES string of the molecule is Cc1ccc(NN2C(=O)C3CC4C(=CCC5C(=O)N(c6ccc(C)c(Cl)c6)C(=O)C54)C(c4ccc(O)c(C)c4)C3(c3ccccc3)C2=O)cc1. The van der Waals surface area contributed by atoms with Gasteiger partial charge in [0.1, 0.15) is 5.75 Å². The summed E-state index contributed by atoms with van der Waals surface area (Å²) in [6.07, 6.45) is 2.55. The van der Waals surface area contributed by atoms with Crippen LogP contribution in [0.5, 0.6) is 5.75 Å². The maximum Gasteiger partial charge on any atom is 0.260 e. The zero-order valence-corrected chi connectivity index (χ0v) is 28.6. The van der Waals surface area contributed by atoms with Crippen molar-refractivity contribution in [3.63, 3.8) is 0 Å². The van der Waals surface area contributed by atoms with Crippen LogP contribution in [0.15, 0.2) is 103 Å². The van der Waals surface area contributed by atoms with Crippen LogP contribution in [-0.4, -0.2) is 33.7 Å². The quantitative estimate of drug-likeness (QED) is 0.171. The second-order valence-corrected chi connectivity index (χ2v) is 14.5. The summed E-state index contributed by atoms with van der Waals surface area (Å²) in [5.41, 5.74) is 7.57. The van der Waals surface area contributed by atoms with E-state index in [1.165, 1.54) is 4.90 Å². The highest BCUT2D eigenvalue weighted by Gasteiger charge is 2.70. The number of aromatic hydroxyl groups is 1. The van der Waals surface area contributed by atoms with E-state index in [0.29, 0.717) is 33.9 Å². The van der Waals surface area contributed by atoms with E-state index in [9.17, 15) is 19.5 Å². The predicted octanol–water partition coefficient (Wildman–Crippen LogP) is 7.16. The Morgan fingerprint density at radius 1 is 0.800 bits per heavy atom. The number of carbonyl (C=O) groups is 4. The van der Waals surface area contributed by atoms with Crippen molar-refractivity contribution < 1.29 is 24.3 Å². The van der Waals surface area contributed by atoms with Crippen molar-refractivity contribution in [1.82, 2.24) is 5.01 Å². The lowest BCUT2D eigenvalue weighted by molar-refractivity contribution is -0.138. The maximum atomic E-state index is 15.2. The number of nitrogens with one attached hydrogen (secondary N) is 1. The molecule has 2 N–H and O–H groups in total. The molecular formula is C41H36ClN3O5. The Morgan fingerprint density at radius 2 is 1.54 bits per heavy atom. The number of hydrogen-bond donors (Lipinski definition) is 2. The number of hydrogen-bond acceptors (Lipinski definition) is 6. The molecule has 8 nitrogen and oxygen atoms in total. The van der Waals surface area contributed by atoms with Gasteiger partial charge in [-0.15, -0.1) is 0 Å². The van der Waals surface area contributed by atoms with Gasteiger partial charge in [-0.05, 0) is 92.1 Å². The van der Waals surface area contributed by atoms with E-state index in [4.69, 9.17) is 11.6 Å². The Hall–Kier alpha value is -5.21. The third-order valence-electron chi connectivity index (χ3n) is 11.4. The van der Waals surface area contributed by atoms with Crippen LogP contribution in [0.1, 0.15) is 46.6 Å². The number of carbonyl (C=O) groups excluding carboxylic acids is 4. The summed E-state index contributed by atoms with van der Waals surface area (Å²) in [5.74, 6) is -4.63. The van der Waals surface area contributed by atoms with E-state index < -0.39 is 35.0 Å². The van der Waals surface area contributed by atoms with Crippen LogP contribution in [0.2, 0.25) is 5.02 Å². The van der Waals surface area contributed by atoms with Crippen molar-refractivity contribution in [2.45, 2.75) is 44.9 Å². The molecule has 2 aliphatic heterocycles. The van der Waals surface area contributed by atoms with Gasteiger partial charge >= 0.3 is 0 Å². The lowest BCUT2D eigenvalue weighted by Crippen LogP contribution is -2.53. The summed E-state index contributed by atoms with van der Waals surface area (Å²) < 4.78 is 0. The highest BCUT2D eigenvalue weighted by Crippen LogP contribution is 2.64. The normalized spacial score (nSPS) is 27.2. The van der Waals surface area contributed by atoms with E-state index in [0.717, 1.165) is 27.3 Å². The molecular weight excluding hydrogens is 650 g/mol. The van der Waals surface area contributed by atoms with Gasteiger partial charge in [-0.2, -0.15) is 5.01 Å². The van der Waals surface area contributed by atoms with Crippen LogP contribution in [0.3, 0.4) is 0 Å². The number of rotatable bonds is 5. The van der Waals surface area contributed by atoms with Crippen LogP contribution in [0.25, 0.3) is 0 Å². The van der Waals surface area contributed by atoms with Crippen molar-refractivity contribution in [3.8, 4) is 5.75 Å². The van der Waals surface area contributed by atoms with Crippen molar-refractivity contribution in [2.24, 2.45) is 23.7 Å². The Labute approximate surface area is 295 Å². The maximum absolute atomic E-state index is 15.2. The fraction of sp³-hybridized carbons (Fsp3) is 0.268. The molecule has 0 aromatic heterocycles. The summed E-state index contributed by atoms with van der Waals surface area (Å²) in [6, 6.07) is 27.3. The fourth-order valence-corrected chi connectivity index (χ4v) is 9.13. The third-order valence-corrected chi connectivity index (χ3v) is 11.8.